The van der Waals surface area contributed by atoms with Crippen LogP contribution in [0.15, 0.2) is 18.6 Å². The molecule has 1 aromatic heterocycles. The Labute approximate surface area is 59.5 Å². The zero-order valence-corrected chi connectivity index (χ0v) is 5.62. The lowest BCUT2D eigenvalue weighted by atomic mass is 10.0. The van der Waals surface area contributed by atoms with Crippen molar-refractivity contribution in [2.24, 2.45) is 0 Å². The predicted molar refractivity (Wildman–Crippen MR) is 37.4 cm³/mol. The molecule has 1 fully saturated rings. The van der Waals surface area contributed by atoms with E-state index in [4.69, 9.17) is 0 Å². The fourth-order valence-corrected chi connectivity index (χ4v) is 1.03. The lowest BCUT2D eigenvalue weighted by Gasteiger charge is -2.26. The van der Waals surface area contributed by atoms with Crippen LogP contribution in [0.3, 0.4) is 0 Å². The van der Waals surface area contributed by atoms with E-state index in [0.29, 0.717) is 6.04 Å². The first-order valence-corrected chi connectivity index (χ1v) is 3.46. The molecule has 0 unspecified atom stereocenters. The van der Waals surface area contributed by atoms with Gasteiger partial charge in [-0.05, 0) is 13.0 Å². The topological polar surface area (TPSA) is 37.8 Å². The van der Waals surface area contributed by atoms with Crippen molar-refractivity contribution in [1.82, 2.24) is 15.3 Å². The Morgan fingerprint density at radius 3 is 2.90 bits per heavy atom. The molecule has 3 nitrogen and oxygen atoms in total. The van der Waals surface area contributed by atoms with Crippen LogP contribution in [-0.2, 0) is 0 Å². The summed E-state index contributed by atoms with van der Waals surface area (Å²) in [4.78, 5) is 8.16. The Balaban J connectivity index is 2.18. The molecule has 52 valence electrons. The smallest absolute Gasteiger partial charge is 0.0756 e. The van der Waals surface area contributed by atoms with Gasteiger partial charge in [0.1, 0.15) is 0 Å². The van der Waals surface area contributed by atoms with Gasteiger partial charge in [0.2, 0.25) is 0 Å². The van der Waals surface area contributed by atoms with Gasteiger partial charge < -0.3 is 5.32 Å². The average Bonchev–Trinajstić information content (AvgIpc) is 1.86. The predicted octanol–water partition coefficient (Wildman–Crippen LogP) is 0.511. The van der Waals surface area contributed by atoms with Crippen molar-refractivity contribution in [2.75, 3.05) is 6.54 Å². The lowest BCUT2D eigenvalue weighted by Crippen LogP contribution is -2.35. The summed E-state index contributed by atoms with van der Waals surface area (Å²) in [6.07, 6.45) is 6.44. The van der Waals surface area contributed by atoms with Crippen molar-refractivity contribution < 1.29 is 0 Å². The van der Waals surface area contributed by atoms with E-state index in [1.165, 1.54) is 6.42 Å². The second-order valence-corrected chi connectivity index (χ2v) is 2.43. The maximum Gasteiger partial charge on any atom is 0.0756 e. The molecule has 1 aliphatic rings. The van der Waals surface area contributed by atoms with Crippen molar-refractivity contribution in [3.05, 3.63) is 24.3 Å². The van der Waals surface area contributed by atoms with Crippen LogP contribution >= 0.6 is 0 Å². The van der Waals surface area contributed by atoms with E-state index in [9.17, 15) is 0 Å². The molecule has 1 N–H and O–H groups in total. The number of rotatable bonds is 1. The van der Waals surface area contributed by atoms with E-state index >= 15 is 0 Å². The maximum atomic E-state index is 4.18. The van der Waals surface area contributed by atoms with Gasteiger partial charge in [-0.25, -0.2) is 0 Å². The molecule has 3 heteroatoms. The molecule has 1 aliphatic heterocycles. The zero-order valence-electron chi connectivity index (χ0n) is 5.62. The number of nitrogens with one attached hydrogen (secondary N) is 1. The van der Waals surface area contributed by atoms with Gasteiger partial charge in [-0.2, -0.15) is 0 Å². The molecule has 0 saturated carbocycles. The Kier molecular flexibility index (Phi) is 1.36. The van der Waals surface area contributed by atoms with Crippen LogP contribution in [0.4, 0.5) is 0 Å². The monoisotopic (exact) mass is 135 g/mol. The van der Waals surface area contributed by atoms with Crippen LogP contribution in [0.2, 0.25) is 0 Å². The first-order chi connectivity index (χ1) is 4.97. The summed E-state index contributed by atoms with van der Waals surface area (Å²) in [5.74, 6) is 0. The summed E-state index contributed by atoms with van der Waals surface area (Å²) in [5.41, 5.74) is 1.06. The Morgan fingerprint density at radius 2 is 2.40 bits per heavy atom. The summed E-state index contributed by atoms with van der Waals surface area (Å²) < 4.78 is 0. The molecule has 1 saturated heterocycles. The number of hydrogen-bond acceptors (Lipinski definition) is 3. The molecular formula is C7H9N3. The molecule has 0 aromatic carbocycles. The van der Waals surface area contributed by atoms with Crippen LogP contribution in [0.1, 0.15) is 18.2 Å². The van der Waals surface area contributed by atoms with Crippen molar-refractivity contribution in [3.8, 4) is 0 Å². The van der Waals surface area contributed by atoms with Gasteiger partial charge in [0.15, 0.2) is 0 Å². The number of aromatic nitrogens is 2. The van der Waals surface area contributed by atoms with Crippen LogP contribution in [-0.4, -0.2) is 16.5 Å². The normalized spacial score (nSPS) is 23.8. The van der Waals surface area contributed by atoms with Gasteiger partial charge in [-0.3, -0.25) is 9.97 Å². The Hall–Kier alpha value is -0.960. The highest BCUT2D eigenvalue weighted by atomic mass is 15.0. The van der Waals surface area contributed by atoms with Crippen LogP contribution in [0.5, 0.6) is 0 Å². The highest BCUT2D eigenvalue weighted by molar-refractivity contribution is 5.05. The molecule has 0 aliphatic carbocycles. The van der Waals surface area contributed by atoms with Gasteiger partial charge in [0.05, 0.1) is 11.7 Å². The summed E-state index contributed by atoms with van der Waals surface area (Å²) >= 11 is 0. The van der Waals surface area contributed by atoms with Crippen molar-refractivity contribution >= 4 is 0 Å². The Bertz CT molecular complexity index is 205. The van der Waals surface area contributed by atoms with Gasteiger partial charge in [-0.15, -0.1) is 0 Å². The Morgan fingerprint density at radius 1 is 1.50 bits per heavy atom. The van der Waals surface area contributed by atoms with E-state index in [1.54, 1.807) is 12.4 Å². The fourth-order valence-electron chi connectivity index (χ4n) is 1.03. The minimum absolute atomic E-state index is 0.466. The molecule has 0 bridgehead atoms. The SMILES string of the molecule is c1cnc([C@H]2CCN2)cn1. The second kappa shape index (κ2) is 2.34. The van der Waals surface area contributed by atoms with Crippen molar-refractivity contribution in [2.45, 2.75) is 12.5 Å². The summed E-state index contributed by atoms with van der Waals surface area (Å²) in [6.45, 7) is 1.11. The molecule has 0 amide bonds. The zero-order chi connectivity index (χ0) is 6.81. The van der Waals surface area contributed by atoms with Crippen LogP contribution < -0.4 is 5.32 Å². The van der Waals surface area contributed by atoms with E-state index in [2.05, 4.69) is 15.3 Å². The van der Waals surface area contributed by atoms with Gasteiger partial charge >= 0.3 is 0 Å². The second-order valence-electron chi connectivity index (χ2n) is 2.43. The quantitative estimate of drug-likeness (QED) is 0.609. The molecule has 10 heavy (non-hydrogen) atoms. The van der Waals surface area contributed by atoms with Gasteiger partial charge in [-0.1, -0.05) is 0 Å². The molecule has 0 radical (unpaired) electrons. The van der Waals surface area contributed by atoms with E-state index in [0.717, 1.165) is 12.2 Å². The fraction of sp³-hybridized carbons (Fsp3) is 0.429. The third kappa shape index (κ3) is 0.885. The molecular weight excluding hydrogens is 126 g/mol. The van der Waals surface area contributed by atoms with Gasteiger partial charge in [0.25, 0.3) is 0 Å². The molecule has 1 atom stereocenters. The highest BCUT2D eigenvalue weighted by Crippen LogP contribution is 2.18. The first-order valence-electron chi connectivity index (χ1n) is 3.46. The third-order valence-electron chi connectivity index (χ3n) is 1.76. The van der Waals surface area contributed by atoms with Gasteiger partial charge in [0, 0.05) is 18.6 Å². The molecule has 2 heterocycles. The molecule has 1 aromatic rings. The summed E-state index contributed by atoms with van der Waals surface area (Å²) in [7, 11) is 0. The molecule has 0 spiro atoms. The minimum Gasteiger partial charge on any atom is -0.308 e. The van der Waals surface area contributed by atoms with E-state index < -0.39 is 0 Å². The van der Waals surface area contributed by atoms with E-state index in [-0.39, 0.29) is 0 Å². The van der Waals surface area contributed by atoms with Crippen LogP contribution in [0, 0.1) is 0 Å². The summed E-state index contributed by atoms with van der Waals surface area (Å²) in [5, 5.41) is 3.26. The van der Waals surface area contributed by atoms with Crippen LogP contribution in [0.25, 0.3) is 0 Å². The van der Waals surface area contributed by atoms with E-state index in [1.807, 2.05) is 6.20 Å². The molecule has 2 rings (SSSR count). The first kappa shape index (κ1) is 5.80. The third-order valence-corrected chi connectivity index (χ3v) is 1.76. The number of hydrogen-bond donors (Lipinski definition) is 1. The maximum absolute atomic E-state index is 4.18. The minimum atomic E-state index is 0.466. The standard InChI is InChI=1S/C7H9N3/c1-2-9-6(1)7-5-8-3-4-10-7/h3-6,9H,1-2H2/t6-/m1/s1. The highest BCUT2D eigenvalue weighted by Gasteiger charge is 2.18. The number of nitrogens with zero attached hydrogens (tertiary/aromatic N) is 2. The average molecular weight is 135 g/mol. The summed E-state index contributed by atoms with van der Waals surface area (Å²) in [6, 6.07) is 0.466. The van der Waals surface area contributed by atoms with Crippen molar-refractivity contribution in [1.29, 1.82) is 0 Å². The largest absolute Gasteiger partial charge is 0.308 e. The lowest BCUT2D eigenvalue weighted by molar-refractivity contribution is 0.374. The van der Waals surface area contributed by atoms with Crippen molar-refractivity contribution in [3.63, 3.8) is 0 Å².